The molecule has 2 aromatic carbocycles. The van der Waals surface area contributed by atoms with E-state index in [0.29, 0.717) is 25.5 Å². The summed E-state index contributed by atoms with van der Waals surface area (Å²) in [6.07, 6.45) is 3.26. The van der Waals surface area contributed by atoms with Gasteiger partial charge in [0.25, 0.3) is 5.91 Å². The molecule has 0 saturated carbocycles. The van der Waals surface area contributed by atoms with Gasteiger partial charge in [0.05, 0.1) is 0 Å². The lowest BCUT2D eigenvalue weighted by Gasteiger charge is -2.32. The van der Waals surface area contributed by atoms with E-state index >= 15 is 0 Å². The molecular formula is C24H27N5O3. The predicted octanol–water partition coefficient (Wildman–Crippen LogP) is 3.43. The minimum absolute atomic E-state index is 0.0937. The van der Waals surface area contributed by atoms with Crippen LogP contribution in [0, 0.1) is 0 Å². The SMILES string of the molecule is Cn1cc(NC(=O)N2CCC(Oc3ccccc3)CC2)nc1C(=O)NCc1ccccc1. The van der Waals surface area contributed by atoms with Crippen molar-refractivity contribution in [2.75, 3.05) is 18.4 Å². The van der Waals surface area contributed by atoms with E-state index in [4.69, 9.17) is 4.74 Å². The van der Waals surface area contributed by atoms with Gasteiger partial charge in [-0.25, -0.2) is 9.78 Å². The highest BCUT2D eigenvalue weighted by Crippen LogP contribution is 2.19. The molecule has 1 aliphatic rings. The largest absolute Gasteiger partial charge is 0.490 e. The van der Waals surface area contributed by atoms with E-state index in [1.165, 1.54) is 0 Å². The minimum Gasteiger partial charge on any atom is -0.490 e. The number of carbonyl (C=O) groups excluding carboxylic acids is 2. The van der Waals surface area contributed by atoms with Crippen molar-refractivity contribution in [3.05, 3.63) is 78.2 Å². The number of piperidine rings is 1. The molecule has 3 amide bonds. The number of amides is 3. The molecule has 0 bridgehead atoms. The van der Waals surface area contributed by atoms with Crippen molar-refractivity contribution in [3.8, 4) is 5.75 Å². The molecule has 8 heteroatoms. The number of urea groups is 1. The Morgan fingerprint density at radius 2 is 1.69 bits per heavy atom. The second kappa shape index (κ2) is 10.00. The van der Waals surface area contributed by atoms with Crippen LogP contribution in [0.25, 0.3) is 0 Å². The summed E-state index contributed by atoms with van der Waals surface area (Å²) in [5, 5.41) is 5.65. The maximum Gasteiger partial charge on any atom is 0.323 e. The van der Waals surface area contributed by atoms with Crippen LogP contribution in [-0.2, 0) is 13.6 Å². The Balaban J connectivity index is 1.27. The number of likely N-dealkylation sites (tertiary alicyclic amines) is 1. The third-order valence-electron chi connectivity index (χ3n) is 5.39. The van der Waals surface area contributed by atoms with E-state index in [-0.39, 0.29) is 23.9 Å². The van der Waals surface area contributed by atoms with E-state index in [2.05, 4.69) is 15.6 Å². The molecule has 8 nitrogen and oxygen atoms in total. The average Bonchev–Trinajstić information content (AvgIpc) is 3.19. The summed E-state index contributed by atoms with van der Waals surface area (Å²) in [6.45, 7) is 1.61. The third kappa shape index (κ3) is 5.46. The summed E-state index contributed by atoms with van der Waals surface area (Å²) in [7, 11) is 1.73. The van der Waals surface area contributed by atoms with Gasteiger partial charge >= 0.3 is 6.03 Å². The molecule has 3 aromatic rings. The standard InChI is InChI=1S/C24H27N5O3/c1-28-17-21(26-22(28)23(30)25-16-18-8-4-2-5-9-18)27-24(31)29-14-12-20(13-15-29)32-19-10-6-3-7-11-19/h2-11,17,20H,12-16H2,1H3,(H,25,30)(H,27,31). The minimum atomic E-state index is -0.296. The summed E-state index contributed by atoms with van der Waals surface area (Å²) in [5.74, 6) is 1.15. The second-order valence-electron chi connectivity index (χ2n) is 7.78. The number of nitrogens with one attached hydrogen (secondary N) is 2. The van der Waals surface area contributed by atoms with Crippen LogP contribution in [0.2, 0.25) is 0 Å². The van der Waals surface area contributed by atoms with E-state index in [9.17, 15) is 9.59 Å². The van der Waals surface area contributed by atoms with Crippen molar-refractivity contribution < 1.29 is 14.3 Å². The molecular weight excluding hydrogens is 406 g/mol. The molecule has 2 heterocycles. The smallest absolute Gasteiger partial charge is 0.323 e. The van der Waals surface area contributed by atoms with Crippen LogP contribution in [0.15, 0.2) is 66.9 Å². The highest BCUT2D eigenvalue weighted by Gasteiger charge is 2.25. The monoisotopic (exact) mass is 433 g/mol. The van der Waals surface area contributed by atoms with Gasteiger partial charge < -0.3 is 19.5 Å². The highest BCUT2D eigenvalue weighted by atomic mass is 16.5. The summed E-state index contributed by atoms with van der Waals surface area (Å²) in [6, 6.07) is 19.2. The Hall–Kier alpha value is -3.81. The molecule has 1 saturated heterocycles. The van der Waals surface area contributed by atoms with Crippen molar-refractivity contribution in [2.24, 2.45) is 7.05 Å². The number of nitrogens with zero attached hydrogens (tertiary/aromatic N) is 3. The zero-order valence-electron chi connectivity index (χ0n) is 18.0. The first-order valence-electron chi connectivity index (χ1n) is 10.7. The first-order valence-corrected chi connectivity index (χ1v) is 10.7. The predicted molar refractivity (Wildman–Crippen MR) is 122 cm³/mol. The number of rotatable bonds is 6. The summed E-state index contributed by atoms with van der Waals surface area (Å²) >= 11 is 0. The van der Waals surface area contributed by atoms with Crippen LogP contribution < -0.4 is 15.4 Å². The van der Waals surface area contributed by atoms with Gasteiger partial charge in [-0.3, -0.25) is 10.1 Å². The summed E-state index contributed by atoms with van der Waals surface area (Å²) in [5.41, 5.74) is 1.00. The lowest BCUT2D eigenvalue weighted by atomic mass is 10.1. The van der Waals surface area contributed by atoms with Gasteiger partial charge in [0.15, 0.2) is 5.82 Å². The lowest BCUT2D eigenvalue weighted by molar-refractivity contribution is 0.0937. The number of imidazole rings is 1. The topological polar surface area (TPSA) is 88.5 Å². The van der Waals surface area contributed by atoms with Gasteiger partial charge in [0, 0.05) is 45.7 Å². The Labute approximate surface area is 187 Å². The van der Waals surface area contributed by atoms with E-state index in [0.717, 1.165) is 24.2 Å². The van der Waals surface area contributed by atoms with Crippen molar-refractivity contribution in [2.45, 2.75) is 25.5 Å². The quantitative estimate of drug-likeness (QED) is 0.623. The molecule has 32 heavy (non-hydrogen) atoms. The fourth-order valence-electron chi connectivity index (χ4n) is 3.65. The lowest BCUT2D eigenvalue weighted by Crippen LogP contribution is -2.43. The molecule has 0 unspecified atom stereocenters. The molecule has 1 aromatic heterocycles. The zero-order chi connectivity index (χ0) is 22.3. The van der Waals surface area contributed by atoms with E-state index < -0.39 is 0 Å². The Morgan fingerprint density at radius 3 is 2.38 bits per heavy atom. The van der Waals surface area contributed by atoms with Crippen molar-refractivity contribution >= 4 is 17.8 Å². The van der Waals surface area contributed by atoms with Crippen LogP contribution in [0.5, 0.6) is 5.75 Å². The van der Waals surface area contributed by atoms with Crippen LogP contribution in [-0.4, -0.2) is 45.6 Å². The van der Waals surface area contributed by atoms with Gasteiger partial charge in [-0.1, -0.05) is 48.5 Å². The molecule has 4 rings (SSSR count). The van der Waals surface area contributed by atoms with Crippen molar-refractivity contribution in [1.29, 1.82) is 0 Å². The average molecular weight is 434 g/mol. The first-order chi connectivity index (χ1) is 15.6. The van der Waals surface area contributed by atoms with Gasteiger partial charge in [-0.2, -0.15) is 0 Å². The van der Waals surface area contributed by atoms with Gasteiger partial charge in [-0.15, -0.1) is 0 Å². The second-order valence-corrected chi connectivity index (χ2v) is 7.78. The number of aromatic nitrogens is 2. The molecule has 0 aliphatic carbocycles. The first kappa shape index (κ1) is 21.4. The fourth-order valence-corrected chi connectivity index (χ4v) is 3.65. The fraction of sp³-hybridized carbons (Fsp3) is 0.292. The summed E-state index contributed by atoms with van der Waals surface area (Å²) < 4.78 is 7.59. The zero-order valence-corrected chi connectivity index (χ0v) is 18.0. The molecule has 2 N–H and O–H groups in total. The van der Waals surface area contributed by atoms with Crippen molar-refractivity contribution in [1.82, 2.24) is 19.8 Å². The number of benzene rings is 2. The number of aryl methyl sites for hydroxylation is 1. The molecule has 166 valence electrons. The molecule has 1 aliphatic heterocycles. The molecule has 0 atom stereocenters. The maximum atomic E-state index is 12.7. The number of anilines is 1. The number of ether oxygens (including phenoxy) is 1. The van der Waals surface area contributed by atoms with Gasteiger partial charge in [-0.05, 0) is 17.7 Å². The van der Waals surface area contributed by atoms with E-state index in [1.807, 2.05) is 60.7 Å². The van der Waals surface area contributed by atoms with Crippen LogP contribution in [0.3, 0.4) is 0 Å². The Morgan fingerprint density at radius 1 is 1.03 bits per heavy atom. The Kier molecular flexibility index (Phi) is 6.69. The van der Waals surface area contributed by atoms with Gasteiger partial charge in [0.1, 0.15) is 11.9 Å². The normalized spacial score (nSPS) is 14.1. The maximum absolute atomic E-state index is 12.7. The van der Waals surface area contributed by atoms with Crippen LogP contribution in [0.1, 0.15) is 29.0 Å². The van der Waals surface area contributed by atoms with E-state index in [1.54, 1.807) is 22.7 Å². The highest BCUT2D eigenvalue weighted by molar-refractivity contribution is 5.93. The summed E-state index contributed by atoms with van der Waals surface area (Å²) in [4.78, 5) is 31.2. The number of carbonyl (C=O) groups is 2. The van der Waals surface area contributed by atoms with Crippen molar-refractivity contribution in [3.63, 3.8) is 0 Å². The number of para-hydroxylation sites is 1. The molecule has 1 fully saturated rings. The number of hydrogen-bond donors (Lipinski definition) is 2. The van der Waals surface area contributed by atoms with Crippen LogP contribution >= 0.6 is 0 Å². The molecule has 0 spiro atoms. The van der Waals surface area contributed by atoms with Gasteiger partial charge in [0.2, 0.25) is 5.82 Å². The number of hydrogen-bond acceptors (Lipinski definition) is 4. The molecule has 0 radical (unpaired) electrons. The Bertz CT molecular complexity index is 1040. The third-order valence-corrected chi connectivity index (χ3v) is 5.39. The van der Waals surface area contributed by atoms with Crippen LogP contribution in [0.4, 0.5) is 10.6 Å².